The molecule has 0 aliphatic carbocycles. The smallest absolute Gasteiger partial charge is 0.268 e. The molecule has 1 amide bonds. The van der Waals surface area contributed by atoms with Gasteiger partial charge in [-0.05, 0) is 31.0 Å². The Balaban J connectivity index is 1.59. The summed E-state index contributed by atoms with van der Waals surface area (Å²) in [5.41, 5.74) is 1.23. The van der Waals surface area contributed by atoms with Crippen LogP contribution >= 0.6 is 0 Å². The zero-order chi connectivity index (χ0) is 19.4. The van der Waals surface area contributed by atoms with Crippen LogP contribution in [0.1, 0.15) is 23.2 Å². The number of methoxy groups -OCH3 is 2. The topological polar surface area (TPSA) is 85.7 Å². The second-order valence-corrected chi connectivity index (χ2v) is 6.48. The second kappa shape index (κ2) is 8.11. The van der Waals surface area contributed by atoms with Gasteiger partial charge in [0.25, 0.3) is 11.5 Å². The van der Waals surface area contributed by atoms with Crippen LogP contribution in [0.25, 0.3) is 0 Å². The van der Waals surface area contributed by atoms with E-state index in [4.69, 9.17) is 9.47 Å². The summed E-state index contributed by atoms with van der Waals surface area (Å²) in [4.78, 5) is 26.4. The predicted octanol–water partition coefficient (Wildman–Crippen LogP) is 1.20. The van der Waals surface area contributed by atoms with Gasteiger partial charge in [-0.1, -0.05) is 0 Å². The number of rotatable bonds is 5. The molecule has 27 heavy (non-hydrogen) atoms. The number of aromatic nitrogens is 2. The number of hydrogen-bond donors (Lipinski definition) is 1. The standard InChI is InChI=1S/C19H24N4O4/c1-22-18(24)11-15(12-20-22)23-8-6-14(7-9-23)21-19(25)13-4-5-16(26-2)17(10-13)27-3/h4-5,10-12,14H,6-9H2,1-3H3,(H,21,25). The van der Waals surface area contributed by atoms with Crippen molar-refractivity contribution < 1.29 is 14.3 Å². The summed E-state index contributed by atoms with van der Waals surface area (Å²) in [7, 11) is 4.73. The maximum Gasteiger partial charge on any atom is 0.268 e. The van der Waals surface area contributed by atoms with Crippen LogP contribution in [-0.4, -0.2) is 49.0 Å². The lowest BCUT2D eigenvalue weighted by molar-refractivity contribution is 0.0930. The third kappa shape index (κ3) is 4.21. The Bertz CT molecular complexity index is 872. The van der Waals surface area contributed by atoms with E-state index in [1.807, 2.05) is 0 Å². The van der Waals surface area contributed by atoms with Crippen molar-refractivity contribution in [1.29, 1.82) is 0 Å². The molecule has 1 aliphatic heterocycles. The molecule has 2 aromatic rings. The van der Waals surface area contributed by atoms with Crippen LogP contribution < -0.4 is 25.2 Å². The van der Waals surface area contributed by atoms with Gasteiger partial charge in [-0.2, -0.15) is 5.10 Å². The maximum absolute atomic E-state index is 12.5. The van der Waals surface area contributed by atoms with Gasteiger partial charge in [0.05, 0.1) is 26.1 Å². The third-order valence-corrected chi connectivity index (χ3v) is 4.79. The summed E-state index contributed by atoms with van der Waals surface area (Å²) in [6, 6.07) is 6.79. The number of ether oxygens (including phenoxy) is 2. The molecule has 1 aromatic heterocycles. The van der Waals surface area contributed by atoms with E-state index in [9.17, 15) is 9.59 Å². The number of aryl methyl sites for hydroxylation is 1. The van der Waals surface area contributed by atoms with Crippen LogP contribution in [0.2, 0.25) is 0 Å². The SMILES string of the molecule is COc1ccc(C(=O)NC2CCN(c3cnn(C)c(=O)c3)CC2)cc1OC. The van der Waals surface area contributed by atoms with Gasteiger partial charge in [-0.3, -0.25) is 9.59 Å². The first-order valence-corrected chi connectivity index (χ1v) is 8.83. The molecular formula is C19H24N4O4. The second-order valence-electron chi connectivity index (χ2n) is 6.48. The lowest BCUT2D eigenvalue weighted by Gasteiger charge is -2.33. The summed E-state index contributed by atoms with van der Waals surface area (Å²) in [6.07, 6.45) is 3.30. The Kier molecular flexibility index (Phi) is 5.63. The van der Waals surface area contributed by atoms with E-state index < -0.39 is 0 Å². The Morgan fingerprint density at radius 2 is 1.85 bits per heavy atom. The lowest BCUT2D eigenvalue weighted by Crippen LogP contribution is -2.45. The number of hydrogen-bond acceptors (Lipinski definition) is 6. The molecule has 2 heterocycles. The van der Waals surface area contributed by atoms with Crippen LogP contribution in [0.4, 0.5) is 5.69 Å². The Morgan fingerprint density at radius 1 is 1.15 bits per heavy atom. The van der Waals surface area contributed by atoms with Crippen LogP contribution in [0.3, 0.4) is 0 Å². The molecule has 1 fully saturated rings. The van der Waals surface area contributed by atoms with E-state index in [-0.39, 0.29) is 17.5 Å². The fraction of sp³-hybridized carbons (Fsp3) is 0.421. The van der Waals surface area contributed by atoms with Crippen molar-refractivity contribution in [2.45, 2.75) is 18.9 Å². The number of anilines is 1. The molecular weight excluding hydrogens is 348 g/mol. The molecule has 1 saturated heterocycles. The van der Waals surface area contributed by atoms with E-state index in [2.05, 4.69) is 15.3 Å². The van der Waals surface area contributed by atoms with Gasteiger partial charge >= 0.3 is 0 Å². The van der Waals surface area contributed by atoms with Crippen molar-refractivity contribution in [1.82, 2.24) is 15.1 Å². The highest BCUT2D eigenvalue weighted by Gasteiger charge is 2.22. The van der Waals surface area contributed by atoms with Crippen LogP contribution in [0, 0.1) is 0 Å². The lowest BCUT2D eigenvalue weighted by atomic mass is 10.0. The molecule has 8 nitrogen and oxygen atoms in total. The van der Waals surface area contributed by atoms with Crippen molar-refractivity contribution >= 4 is 11.6 Å². The number of nitrogens with zero attached hydrogens (tertiary/aromatic N) is 3. The van der Waals surface area contributed by atoms with Gasteiger partial charge in [0.15, 0.2) is 11.5 Å². The van der Waals surface area contributed by atoms with E-state index in [1.54, 1.807) is 51.7 Å². The average molecular weight is 372 g/mol. The van der Waals surface area contributed by atoms with Crippen molar-refractivity contribution in [3.8, 4) is 11.5 Å². The molecule has 144 valence electrons. The average Bonchev–Trinajstić information content (AvgIpc) is 2.70. The van der Waals surface area contributed by atoms with Crippen molar-refractivity contribution in [3.05, 3.63) is 46.4 Å². The highest BCUT2D eigenvalue weighted by atomic mass is 16.5. The summed E-state index contributed by atoms with van der Waals surface area (Å²) < 4.78 is 11.8. The fourth-order valence-corrected chi connectivity index (χ4v) is 3.16. The van der Waals surface area contributed by atoms with Gasteiger partial charge in [-0.15, -0.1) is 0 Å². The molecule has 1 aromatic carbocycles. The largest absolute Gasteiger partial charge is 0.493 e. The first-order valence-electron chi connectivity index (χ1n) is 8.83. The Morgan fingerprint density at radius 3 is 2.48 bits per heavy atom. The van der Waals surface area contributed by atoms with Gasteiger partial charge in [0.2, 0.25) is 0 Å². The van der Waals surface area contributed by atoms with Gasteiger partial charge in [0, 0.05) is 37.8 Å². The number of benzene rings is 1. The molecule has 0 radical (unpaired) electrons. The first kappa shape index (κ1) is 18.8. The highest BCUT2D eigenvalue weighted by molar-refractivity contribution is 5.95. The Hall–Kier alpha value is -3.03. The monoisotopic (exact) mass is 372 g/mol. The number of amides is 1. The zero-order valence-corrected chi connectivity index (χ0v) is 15.8. The number of piperidine rings is 1. The predicted molar refractivity (Wildman–Crippen MR) is 102 cm³/mol. The van der Waals surface area contributed by atoms with Crippen molar-refractivity contribution in [3.63, 3.8) is 0 Å². The minimum absolute atomic E-state index is 0.0846. The Labute approximate surface area is 157 Å². The normalized spacial score (nSPS) is 14.7. The molecule has 0 bridgehead atoms. The summed E-state index contributed by atoms with van der Waals surface area (Å²) in [5, 5.41) is 7.14. The zero-order valence-electron chi connectivity index (χ0n) is 15.8. The first-order chi connectivity index (χ1) is 13.0. The minimum atomic E-state index is -0.135. The summed E-state index contributed by atoms with van der Waals surface area (Å²) in [6.45, 7) is 1.51. The molecule has 0 unspecified atom stereocenters. The van der Waals surface area contributed by atoms with Gasteiger partial charge < -0.3 is 19.7 Å². The maximum atomic E-state index is 12.5. The molecule has 1 N–H and O–H groups in total. The van der Waals surface area contributed by atoms with E-state index in [1.165, 1.54) is 4.68 Å². The van der Waals surface area contributed by atoms with Crippen LogP contribution in [-0.2, 0) is 7.05 Å². The van der Waals surface area contributed by atoms with Crippen LogP contribution in [0.15, 0.2) is 35.3 Å². The molecule has 0 spiro atoms. The quantitative estimate of drug-likeness (QED) is 0.849. The molecule has 8 heteroatoms. The van der Waals surface area contributed by atoms with E-state index in [0.717, 1.165) is 31.6 Å². The van der Waals surface area contributed by atoms with Gasteiger partial charge in [-0.25, -0.2) is 4.68 Å². The third-order valence-electron chi connectivity index (χ3n) is 4.79. The van der Waals surface area contributed by atoms with E-state index in [0.29, 0.717) is 17.1 Å². The van der Waals surface area contributed by atoms with Crippen molar-refractivity contribution in [2.75, 3.05) is 32.2 Å². The molecule has 3 rings (SSSR count). The highest BCUT2D eigenvalue weighted by Crippen LogP contribution is 2.27. The fourth-order valence-electron chi connectivity index (χ4n) is 3.16. The summed E-state index contributed by atoms with van der Waals surface area (Å²) >= 11 is 0. The van der Waals surface area contributed by atoms with Crippen molar-refractivity contribution in [2.24, 2.45) is 7.05 Å². The molecule has 1 aliphatic rings. The number of carbonyl (C=O) groups excluding carboxylic acids is 1. The number of carbonyl (C=O) groups is 1. The van der Waals surface area contributed by atoms with E-state index >= 15 is 0 Å². The van der Waals surface area contributed by atoms with Gasteiger partial charge in [0.1, 0.15) is 0 Å². The minimum Gasteiger partial charge on any atom is -0.493 e. The van der Waals surface area contributed by atoms with Crippen LogP contribution in [0.5, 0.6) is 11.5 Å². The summed E-state index contributed by atoms with van der Waals surface area (Å²) in [5.74, 6) is 0.979. The number of nitrogens with one attached hydrogen (secondary N) is 1. The molecule has 0 saturated carbocycles. The molecule has 0 atom stereocenters.